The van der Waals surface area contributed by atoms with E-state index >= 15 is 0 Å². The second-order valence-corrected chi connectivity index (χ2v) is 23.2. The van der Waals surface area contributed by atoms with Gasteiger partial charge < -0.3 is 19.2 Å². The molecular formula is C46H69NO5Si. The molecule has 7 heteroatoms. The minimum atomic E-state index is -1.90. The van der Waals surface area contributed by atoms with Gasteiger partial charge in [-0.1, -0.05) is 116 Å². The third-order valence-corrected chi connectivity index (χ3v) is 15.9. The second-order valence-electron chi connectivity index (χ2n) is 18.5. The summed E-state index contributed by atoms with van der Waals surface area (Å²) >= 11 is 0. The minimum absolute atomic E-state index is 0.0689. The van der Waals surface area contributed by atoms with Crippen LogP contribution >= 0.6 is 0 Å². The number of hydrogen-bond acceptors (Lipinski definition) is 5. The van der Waals surface area contributed by atoms with Crippen molar-refractivity contribution in [3.05, 3.63) is 94.0 Å². The number of benzene rings is 3. The number of carbonyl (C=O) groups excluding carboxylic acids is 2. The number of carbonyl (C=O) groups is 2. The van der Waals surface area contributed by atoms with Crippen LogP contribution in [0.4, 0.5) is 4.79 Å². The Labute approximate surface area is 322 Å². The average Bonchev–Trinajstić information content (AvgIpc) is 3.05. The van der Waals surface area contributed by atoms with E-state index in [1.807, 2.05) is 24.3 Å². The molecular weight excluding hydrogens is 675 g/mol. The molecule has 3 rings (SSSR count). The van der Waals surface area contributed by atoms with Crippen molar-refractivity contribution >= 4 is 20.4 Å². The molecule has 292 valence electrons. The Morgan fingerprint density at radius 3 is 1.77 bits per heavy atom. The lowest BCUT2D eigenvalue weighted by molar-refractivity contribution is -0.143. The van der Waals surface area contributed by atoms with E-state index in [0.717, 1.165) is 36.8 Å². The fraction of sp³-hybridized carbons (Fsp3) is 0.565. The van der Waals surface area contributed by atoms with E-state index in [4.69, 9.17) is 13.9 Å². The topological polar surface area (TPSA) is 73.9 Å². The molecule has 0 spiro atoms. The highest BCUT2D eigenvalue weighted by Gasteiger charge is 2.41. The number of ether oxygens (including phenoxy) is 2. The summed E-state index contributed by atoms with van der Waals surface area (Å²) in [6.07, 6.45) is 3.51. The Morgan fingerprint density at radius 2 is 1.32 bits per heavy atom. The summed E-state index contributed by atoms with van der Waals surface area (Å²) in [5.41, 5.74) is 8.63. The molecule has 1 amide bonds. The number of rotatable bonds is 13. The van der Waals surface area contributed by atoms with Crippen LogP contribution in [0.3, 0.4) is 0 Å². The lowest BCUT2D eigenvalue weighted by Gasteiger charge is -2.43. The van der Waals surface area contributed by atoms with Gasteiger partial charge in [0.2, 0.25) is 0 Å². The number of hydrogen-bond donors (Lipinski definition) is 1. The van der Waals surface area contributed by atoms with Crippen LogP contribution in [0.2, 0.25) is 18.1 Å². The maximum Gasteiger partial charge on any atom is 0.408 e. The van der Waals surface area contributed by atoms with Gasteiger partial charge in [-0.25, -0.2) is 9.59 Å². The van der Waals surface area contributed by atoms with Crippen molar-refractivity contribution in [3.8, 4) is 11.1 Å². The Morgan fingerprint density at radius 1 is 0.774 bits per heavy atom. The van der Waals surface area contributed by atoms with Gasteiger partial charge in [-0.05, 0) is 128 Å². The Hall–Kier alpha value is -3.42. The zero-order valence-electron chi connectivity index (χ0n) is 35.8. The number of nitrogens with one attached hydrogen (secondary N) is 1. The summed E-state index contributed by atoms with van der Waals surface area (Å²) in [5, 5.41) is 2.84. The highest BCUT2D eigenvalue weighted by molar-refractivity contribution is 6.74. The van der Waals surface area contributed by atoms with Gasteiger partial charge in [-0.3, -0.25) is 0 Å². The van der Waals surface area contributed by atoms with E-state index in [2.05, 4.69) is 124 Å². The molecule has 3 aromatic carbocycles. The van der Waals surface area contributed by atoms with Gasteiger partial charge in [0, 0.05) is 5.41 Å². The largest absolute Gasteiger partial charge is 0.467 e. The van der Waals surface area contributed by atoms with Gasteiger partial charge in [0.25, 0.3) is 0 Å². The lowest BCUT2D eigenvalue weighted by atomic mass is 9.69. The summed E-state index contributed by atoms with van der Waals surface area (Å²) in [6, 6.07) is 20.7. The van der Waals surface area contributed by atoms with E-state index in [1.165, 1.54) is 34.9 Å². The van der Waals surface area contributed by atoms with Crippen molar-refractivity contribution in [2.24, 2.45) is 5.41 Å². The third-order valence-electron chi connectivity index (χ3n) is 11.4. The summed E-state index contributed by atoms with van der Waals surface area (Å²) in [5.74, 6) is -0.562. The van der Waals surface area contributed by atoms with Gasteiger partial charge in [0.15, 0.2) is 14.4 Å². The molecule has 6 nitrogen and oxygen atoms in total. The quantitative estimate of drug-likeness (QED) is 0.139. The first-order chi connectivity index (χ1) is 24.4. The molecule has 3 aromatic rings. The van der Waals surface area contributed by atoms with Crippen molar-refractivity contribution in [1.82, 2.24) is 5.32 Å². The van der Waals surface area contributed by atoms with Gasteiger partial charge in [-0.15, -0.1) is 0 Å². The van der Waals surface area contributed by atoms with E-state index in [1.54, 1.807) is 20.8 Å². The number of esters is 1. The fourth-order valence-corrected chi connectivity index (χ4v) is 8.49. The van der Waals surface area contributed by atoms with Crippen molar-refractivity contribution in [1.29, 1.82) is 0 Å². The maximum atomic E-state index is 12.6. The van der Waals surface area contributed by atoms with Crippen LogP contribution in [0.15, 0.2) is 60.7 Å². The average molecular weight is 744 g/mol. The third kappa shape index (κ3) is 10.8. The molecule has 2 atom stereocenters. The smallest absolute Gasteiger partial charge is 0.408 e. The van der Waals surface area contributed by atoms with Gasteiger partial charge in [0.05, 0.1) is 13.2 Å². The number of amides is 1. The van der Waals surface area contributed by atoms with Crippen molar-refractivity contribution in [2.45, 2.75) is 157 Å². The lowest BCUT2D eigenvalue weighted by Crippen LogP contribution is -2.47. The second kappa shape index (κ2) is 16.9. The molecule has 0 fully saturated rings. The summed E-state index contributed by atoms with van der Waals surface area (Å²) < 4.78 is 17.4. The van der Waals surface area contributed by atoms with Crippen LogP contribution in [-0.4, -0.2) is 39.2 Å². The molecule has 0 saturated heterocycles. The Kier molecular flexibility index (Phi) is 14.1. The van der Waals surface area contributed by atoms with Crippen molar-refractivity contribution < 1.29 is 23.5 Å². The predicted octanol–water partition coefficient (Wildman–Crippen LogP) is 12.2. The normalized spacial score (nSPS) is 14.0. The number of methoxy groups -OCH3 is 1. The molecule has 0 bridgehead atoms. The highest BCUT2D eigenvalue weighted by Crippen LogP contribution is 2.43. The first-order valence-electron chi connectivity index (χ1n) is 19.5. The summed E-state index contributed by atoms with van der Waals surface area (Å²) in [4.78, 5) is 25.1. The van der Waals surface area contributed by atoms with E-state index < -0.39 is 32.0 Å². The van der Waals surface area contributed by atoms with Crippen LogP contribution in [-0.2, 0) is 30.5 Å². The Bertz CT molecular complexity index is 1700. The molecule has 0 radical (unpaired) electrons. The summed E-state index contributed by atoms with van der Waals surface area (Å²) in [6.45, 7) is 33.0. The molecule has 0 aliphatic rings. The van der Waals surface area contributed by atoms with Gasteiger partial charge in [-0.2, -0.15) is 0 Å². The monoisotopic (exact) mass is 743 g/mol. The molecule has 0 heterocycles. The molecule has 0 saturated carbocycles. The highest BCUT2D eigenvalue weighted by atomic mass is 28.4. The van der Waals surface area contributed by atoms with Crippen LogP contribution in [0.25, 0.3) is 11.1 Å². The molecule has 53 heavy (non-hydrogen) atoms. The minimum Gasteiger partial charge on any atom is -0.467 e. The molecule has 0 aliphatic heterocycles. The molecule has 0 aromatic heterocycles. The SMILES string of the molecule is CCC(CC)(c1ccc(CC[C@@H](O[Si](C)(C)C(C)(C)C)C(C)(C)C)c(C)c1)c1ccc(-c2ccc(C(NC(=O)OC(C)(C)C)C(=O)OC)cc2)c(C)c1. The first kappa shape index (κ1) is 44.0. The zero-order chi connectivity index (χ0) is 40.2. The fourth-order valence-electron chi connectivity index (χ4n) is 6.96. The Balaban J connectivity index is 1.88. The van der Waals surface area contributed by atoms with E-state index in [0.29, 0.717) is 5.56 Å². The van der Waals surface area contributed by atoms with Gasteiger partial charge >= 0.3 is 12.1 Å². The van der Waals surface area contributed by atoms with Crippen LogP contribution in [0, 0.1) is 19.3 Å². The van der Waals surface area contributed by atoms with Crippen molar-refractivity contribution in [3.63, 3.8) is 0 Å². The van der Waals surface area contributed by atoms with Gasteiger partial charge in [0.1, 0.15) is 5.60 Å². The first-order valence-corrected chi connectivity index (χ1v) is 22.4. The maximum absolute atomic E-state index is 12.6. The molecule has 1 N–H and O–H groups in total. The number of aryl methyl sites for hydroxylation is 3. The van der Waals surface area contributed by atoms with Crippen LogP contribution in [0.5, 0.6) is 0 Å². The summed E-state index contributed by atoms with van der Waals surface area (Å²) in [7, 11) is -0.593. The zero-order valence-corrected chi connectivity index (χ0v) is 36.8. The molecule has 1 unspecified atom stereocenters. The van der Waals surface area contributed by atoms with Crippen LogP contribution < -0.4 is 5.32 Å². The van der Waals surface area contributed by atoms with E-state index in [9.17, 15) is 9.59 Å². The van der Waals surface area contributed by atoms with Crippen molar-refractivity contribution in [2.75, 3.05) is 7.11 Å². The predicted molar refractivity (Wildman–Crippen MR) is 223 cm³/mol. The van der Waals surface area contributed by atoms with Crippen LogP contribution in [0.1, 0.15) is 135 Å². The number of alkyl carbamates (subject to hydrolysis) is 1. The standard InChI is InChI=1S/C46H69NO5Si/c1-17-46(18-2,36-25-23-33(31(3)29-36)24-28-39(43(5,6)7)52-53(15,16)45(11,12)13)37-26-27-38(32(4)30-37)34-19-21-35(22-20-34)40(41(48)50-14)47-42(49)51-44(8,9)10/h19-23,25-27,29-30,39-40H,17-18,24,28H2,1-16H3,(H,47,49)/t39-,40?/m1/s1. The van der Waals surface area contributed by atoms with E-state index in [-0.39, 0.29) is 22.0 Å². The molecule has 0 aliphatic carbocycles.